The molecule has 1 rings (SSSR count). The fourth-order valence-electron chi connectivity index (χ4n) is 1.92. The fourth-order valence-corrected chi connectivity index (χ4v) is 1.92. The number of primary amides is 1. The quantitative estimate of drug-likeness (QED) is 0.778. The van der Waals surface area contributed by atoms with Crippen LogP contribution in [0.4, 0.5) is 22.0 Å². The summed E-state index contributed by atoms with van der Waals surface area (Å²) in [4.78, 5) is 22.7. The Morgan fingerprint density at radius 3 is 2.11 bits per heavy atom. The number of carbonyl (C=O) groups is 2. The van der Waals surface area contributed by atoms with E-state index in [1.54, 1.807) is 0 Å². The van der Waals surface area contributed by atoms with Crippen molar-refractivity contribution in [1.29, 1.82) is 0 Å². The molecule has 0 aromatic heterocycles. The summed E-state index contributed by atoms with van der Waals surface area (Å²) in [6.45, 7) is 0.836. The molecule has 19 heavy (non-hydrogen) atoms. The second-order valence-electron chi connectivity index (χ2n) is 4.56. The minimum Gasteiger partial charge on any atom is -0.369 e. The predicted octanol–water partition coefficient (Wildman–Crippen LogP) is 1.30. The van der Waals surface area contributed by atoms with Gasteiger partial charge < -0.3 is 10.6 Å². The second kappa shape index (κ2) is 4.93. The molecule has 2 atom stereocenters. The van der Waals surface area contributed by atoms with Crippen molar-refractivity contribution >= 4 is 11.8 Å². The minimum absolute atomic E-state index is 0.146. The first-order chi connectivity index (χ1) is 8.48. The molecule has 1 saturated heterocycles. The molecule has 1 aliphatic heterocycles. The van der Waals surface area contributed by atoms with Crippen molar-refractivity contribution in [3.05, 3.63) is 0 Å². The highest BCUT2D eigenvalue weighted by atomic mass is 19.4. The van der Waals surface area contributed by atoms with Gasteiger partial charge in [-0.1, -0.05) is 0 Å². The highest BCUT2D eigenvalue weighted by molar-refractivity contribution is 5.86. The lowest BCUT2D eigenvalue weighted by Gasteiger charge is -2.38. The predicted molar refractivity (Wildman–Crippen MR) is 54.1 cm³/mol. The van der Waals surface area contributed by atoms with E-state index in [-0.39, 0.29) is 12.8 Å². The van der Waals surface area contributed by atoms with Gasteiger partial charge in [-0.05, 0) is 19.8 Å². The topological polar surface area (TPSA) is 63.4 Å². The van der Waals surface area contributed by atoms with Crippen LogP contribution in [0.3, 0.4) is 0 Å². The number of alkyl halides is 5. The van der Waals surface area contributed by atoms with Gasteiger partial charge in [0.2, 0.25) is 5.91 Å². The maximum absolute atomic E-state index is 13.0. The average Bonchev–Trinajstić information content (AvgIpc) is 2.26. The highest BCUT2D eigenvalue weighted by Gasteiger charge is 2.65. The van der Waals surface area contributed by atoms with Gasteiger partial charge in [-0.2, -0.15) is 22.0 Å². The summed E-state index contributed by atoms with van der Waals surface area (Å²) in [5.41, 5.74) is 4.98. The Hall–Kier alpha value is -1.41. The molecule has 0 bridgehead atoms. The van der Waals surface area contributed by atoms with Crippen molar-refractivity contribution in [1.82, 2.24) is 4.90 Å². The Balaban J connectivity index is 2.94. The van der Waals surface area contributed by atoms with Crippen LogP contribution in [0, 0.1) is 5.92 Å². The molecule has 1 aliphatic rings. The number of amides is 2. The first-order valence-corrected chi connectivity index (χ1v) is 5.53. The van der Waals surface area contributed by atoms with Gasteiger partial charge in [0.15, 0.2) is 0 Å². The standard InChI is InChI=1S/C10H13F5N2O2/c1-5-2-3-6(7(16)18)4-17(5)8(19)9(11,12)10(13,14)15/h5-6H,2-4H2,1H3,(H2,16,18). The summed E-state index contributed by atoms with van der Waals surface area (Å²) >= 11 is 0. The van der Waals surface area contributed by atoms with Gasteiger partial charge in [0, 0.05) is 12.6 Å². The van der Waals surface area contributed by atoms with Gasteiger partial charge in [0.1, 0.15) is 0 Å². The third-order valence-electron chi connectivity index (χ3n) is 3.17. The number of nitrogens with zero attached hydrogens (tertiary/aromatic N) is 1. The molecule has 0 aromatic carbocycles. The molecule has 2 amide bonds. The highest BCUT2D eigenvalue weighted by Crippen LogP contribution is 2.38. The minimum atomic E-state index is -5.95. The summed E-state index contributed by atoms with van der Waals surface area (Å²) in [6, 6.07) is -0.795. The number of carbonyl (C=O) groups excluding carboxylic acids is 2. The van der Waals surface area contributed by atoms with Crippen LogP contribution >= 0.6 is 0 Å². The van der Waals surface area contributed by atoms with Gasteiger partial charge in [-0.25, -0.2) is 0 Å². The third-order valence-corrected chi connectivity index (χ3v) is 3.17. The van der Waals surface area contributed by atoms with Crippen molar-refractivity contribution in [3.8, 4) is 0 Å². The van der Waals surface area contributed by atoms with E-state index in [9.17, 15) is 31.5 Å². The van der Waals surface area contributed by atoms with Gasteiger partial charge in [0.25, 0.3) is 0 Å². The van der Waals surface area contributed by atoms with Crippen LogP contribution in [-0.2, 0) is 9.59 Å². The van der Waals surface area contributed by atoms with Crippen LogP contribution in [0.15, 0.2) is 0 Å². The summed E-state index contributed by atoms with van der Waals surface area (Å²) in [6.07, 6.45) is -5.55. The zero-order chi connectivity index (χ0) is 15.0. The van der Waals surface area contributed by atoms with Crippen molar-refractivity contribution in [2.24, 2.45) is 11.7 Å². The van der Waals surface area contributed by atoms with Crippen LogP contribution < -0.4 is 5.73 Å². The fraction of sp³-hybridized carbons (Fsp3) is 0.800. The second-order valence-corrected chi connectivity index (χ2v) is 4.56. The first-order valence-electron chi connectivity index (χ1n) is 5.53. The Morgan fingerprint density at radius 1 is 1.16 bits per heavy atom. The molecule has 4 nitrogen and oxygen atoms in total. The van der Waals surface area contributed by atoms with Crippen LogP contribution in [0.1, 0.15) is 19.8 Å². The largest absolute Gasteiger partial charge is 0.463 e. The number of likely N-dealkylation sites (tertiary alicyclic amines) is 1. The SMILES string of the molecule is CC1CCC(C(N)=O)CN1C(=O)C(F)(F)C(F)(F)F. The van der Waals surface area contributed by atoms with E-state index in [0.29, 0.717) is 4.90 Å². The Morgan fingerprint density at radius 2 is 1.68 bits per heavy atom. The molecule has 0 spiro atoms. The van der Waals surface area contributed by atoms with Gasteiger partial charge in [-0.15, -0.1) is 0 Å². The lowest BCUT2D eigenvalue weighted by atomic mass is 9.92. The van der Waals surface area contributed by atoms with Gasteiger partial charge >= 0.3 is 18.0 Å². The number of nitrogens with two attached hydrogens (primary N) is 1. The molecular formula is C10H13F5N2O2. The Kier molecular flexibility index (Phi) is 4.06. The first kappa shape index (κ1) is 15.6. The molecule has 0 aromatic rings. The molecule has 9 heteroatoms. The smallest absolute Gasteiger partial charge is 0.369 e. The van der Waals surface area contributed by atoms with Crippen molar-refractivity contribution in [2.75, 3.05) is 6.54 Å². The van der Waals surface area contributed by atoms with Crippen molar-refractivity contribution < 1.29 is 31.5 Å². The zero-order valence-corrected chi connectivity index (χ0v) is 10.0. The van der Waals surface area contributed by atoms with Crippen LogP contribution in [0.5, 0.6) is 0 Å². The molecule has 0 aliphatic carbocycles. The number of rotatable bonds is 2. The normalized spacial score (nSPS) is 25.3. The molecular weight excluding hydrogens is 275 g/mol. The van der Waals surface area contributed by atoms with E-state index in [4.69, 9.17) is 5.73 Å². The van der Waals surface area contributed by atoms with E-state index in [1.807, 2.05) is 0 Å². The van der Waals surface area contributed by atoms with Gasteiger partial charge in [0.05, 0.1) is 5.92 Å². The monoisotopic (exact) mass is 288 g/mol. The lowest BCUT2D eigenvalue weighted by Crippen LogP contribution is -2.58. The van der Waals surface area contributed by atoms with E-state index >= 15 is 0 Å². The number of hydrogen-bond donors (Lipinski definition) is 1. The molecule has 1 heterocycles. The molecule has 2 N–H and O–H groups in total. The molecule has 2 unspecified atom stereocenters. The third kappa shape index (κ3) is 2.95. The molecule has 110 valence electrons. The van der Waals surface area contributed by atoms with Crippen LogP contribution in [-0.4, -0.2) is 41.4 Å². The van der Waals surface area contributed by atoms with E-state index < -0.39 is 42.4 Å². The average molecular weight is 288 g/mol. The van der Waals surface area contributed by atoms with Crippen molar-refractivity contribution in [2.45, 2.75) is 37.9 Å². The molecule has 0 saturated carbocycles. The van der Waals surface area contributed by atoms with E-state index in [1.165, 1.54) is 6.92 Å². The number of halogens is 5. The van der Waals surface area contributed by atoms with E-state index in [2.05, 4.69) is 0 Å². The maximum atomic E-state index is 13.0. The van der Waals surface area contributed by atoms with Crippen LogP contribution in [0.25, 0.3) is 0 Å². The molecule has 1 fully saturated rings. The Labute approximate surface area is 105 Å². The maximum Gasteiger partial charge on any atom is 0.463 e. The zero-order valence-electron chi connectivity index (χ0n) is 10.0. The van der Waals surface area contributed by atoms with Crippen LogP contribution in [0.2, 0.25) is 0 Å². The summed E-state index contributed by atoms with van der Waals surface area (Å²) in [7, 11) is 0. The lowest BCUT2D eigenvalue weighted by molar-refractivity contribution is -0.275. The van der Waals surface area contributed by atoms with Gasteiger partial charge in [-0.3, -0.25) is 9.59 Å². The van der Waals surface area contributed by atoms with E-state index in [0.717, 1.165) is 0 Å². The summed E-state index contributed by atoms with van der Waals surface area (Å²) in [5, 5.41) is 0. The number of piperidine rings is 1. The number of hydrogen-bond acceptors (Lipinski definition) is 2. The van der Waals surface area contributed by atoms with Crippen molar-refractivity contribution in [3.63, 3.8) is 0 Å². The molecule has 0 radical (unpaired) electrons. The Bertz CT molecular complexity index is 383. The summed E-state index contributed by atoms with van der Waals surface area (Å²) in [5.74, 6) is -9.51. The summed E-state index contributed by atoms with van der Waals surface area (Å²) < 4.78 is 62.4.